The van der Waals surface area contributed by atoms with E-state index in [1.165, 1.54) is 6.26 Å². The molecular weight excluding hydrogens is 447 g/mol. The first-order valence-corrected chi connectivity index (χ1v) is 8.18. The summed E-state index contributed by atoms with van der Waals surface area (Å²) in [6, 6.07) is 10.9. The molecule has 0 bridgehead atoms. The Morgan fingerprint density at radius 1 is 1.23 bits per heavy atom. The van der Waals surface area contributed by atoms with Gasteiger partial charge in [0, 0.05) is 25.9 Å². The van der Waals surface area contributed by atoms with E-state index in [1.807, 2.05) is 31.2 Å². The normalized spacial score (nSPS) is 10.8. The third-order valence-corrected chi connectivity index (χ3v) is 3.29. The summed E-state index contributed by atoms with van der Waals surface area (Å²) in [6.07, 6.45) is 1.47. The fourth-order valence-corrected chi connectivity index (χ4v) is 2.13. The quantitative estimate of drug-likeness (QED) is 0.238. The smallest absolute Gasteiger partial charge is 0.291 e. The number of aliphatic imine (C=N–C) groups is 1. The van der Waals surface area contributed by atoms with E-state index in [0.717, 1.165) is 18.1 Å². The highest BCUT2D eigenvalue weighted by Crippen LogP contribution is 2.13. The zero-order valence-electron chi connectivity index (χ0n) is 15.0. The Kier molecular flexibility index (Phi) is 10.4. The van der Waals surface area contributed by atoms with Crippen LogP contribution >= 0.6 is 24.0 Å². The van der Waals surface area contributed by atoms with E-state index in [9.17, 15) is 4.79 Å². The lowest BCUT2D eigenvalue weighted by Crippen LogP contribution is -2.38. The second-order valence-corrected chi connectivity index (χ2v) is 5.25. The van der Waals surface area contributed by atoms with Gasteiger partial charge in [-0.3, -0.25) is 4.79 Å². The van der Waals surface area contributed by atoms with Crippen LogP contribution in [0.15, 0.2) is 52.1 Å². The van der Waals surface area contributed by atoms with Crippen LogP contribution in [-0.4, -0.2) is 38.7 Å². The maximum atomic E-state index is 12.0. The van der Waals surface area contributed by atoms with E-state index in [4.69, 9.17) is 9.15 Å². The van der Waals surface area contributed by atoms with Gasteiger partial charge in [0.15, 0.2) is 11.7 Å². The Morgan fingerprint density at radius 3 is 2.77 bits per heavy atom. The van der Waals surface area contributed by atoms with E-state index in [-0.39, 0.29) is 35.6 Å². The van der Waals surface area contributed by atoms with Crippen molar-refractivity contribution in [3.05, 3.63) is 54.0 Å². The molecule has 0 radical (unpaired) electrons. The topological polar surface area (TPSA) is 87.9 Å². The third kappa shape index (κ3) is 7.44. The Labute approximate surface area is 170 Å². The van der Waals surface area contributed by atoms with E-state index in [1.54, 1.807) is 19.2 Å². The fraction of sp³-hybridized carbons (Fsp3) is 0.333. The van der Waals surface area contributed by atoms with Crippen molar-refractivity contribution in [1.82, 2.24) is 10.6 Å². The van der Waals surface area contributed by atoms with Crippen molar-refractivity contribution in [1.29, 1.82) is 0 Å². The van der Waals surface area contributed by atoms with Gasteiger partial charge in [-0.05, 0) is 36.8 Å². The molecule has 2 rings (SSSR count). The molecule has 1 amide bonds. The highest BCUT2D eigenvalue weighted by molar-refractivity contribution is 14.0. The number of rotatable bonds is 8. The SMILES string of the molecule is CCNC(=NCc1cccc(NC(=O)c2ccco2)c1)NCCOC.I. The summed E-state index contributed by atoms with van der Waals surface area (Å²) in [4.78, 5) is 16.6. The summed E-state index contributed by atoms with van der Waals surface area (Å²) < 4.78 is 10.1. The lowest BCUT2D eigenvalue weighted by atomic mass is 10.2. The van der Waals surface area contributed by atoms with Crippen LogP contribution in [0, 0.1) is 0 Å². The molecule has 142 valence electrons. The average Bonchev–Trinajstić information content (AvgIpc) is 3.15. The summed E-state index contributed by atoms with van der Waals surface area (Å²) in [5.74, 6) is 0.727. The number of carbonyl (C=O) groups excluding carboxylic acids is 1. The van der Waals surface area contributed by atoms with Crippen LogP contribution in [0.4, 0.5) is 5.69 Å². The van der Waals surface area contributed by atoms with Crippen molar-refractivity contribution in [2.75, 3.05) is 32.1 Å². The minimum atomic E-state index is -0.278. The monoisotopic (exact) mass is 472 g/mol. The molecule has 1 aromatic carbocycles. The number of ether oxygens (including phenoxy) is 1. The molecule has 0 aliphatic carbocycles. The number of nitrogens with zero attached hydrogens (tertiary/aromatic N) is 1. The number of benzene rings is 1. The number of guanidine groups is 1. The van der Waals surface area contributed by atoms with Crippen LogP contribution in [0.2, 0.25) is 0 Å². The van der Waals surface area contributed by atoms with Gasteiger partial charge in [-0.1, -0.05) is 12.1 Å². The van der Waals surface area contributed by atoms with Crippen molar-refractivity contribution in [2.45, 2.75) is 13.5 Å². The average molecular weight is 472 g/mol. The number of anilines is 1. The van der Waals surface area contributed by atoms with Crippen LogP contribution in [-0.2, 0) is 11.3 Å². The first kappa shape index (κ1) is 22.0. The maximum Gasteiger partial charge on any atom is 0.291 e. The van der Waals surface area contributed by atoms with E-state index < -0.39 is 0 Å². The van der Waals surface area contributed by atoms with E-state index in [0.29, 0.717) is 25.4 Å². The largest absolute Gasteiger partial charge is 0.459 e. The highest BCUT2D eigenvalue weighted by Gasteiger charge is 2.08. The summed E-state index contributed by atoms with van der Waals surface area (Å²) in [7, 11) is 1.66. The van der Waals surface area contributed by atoms with Crippen LogP contribution in [0.1, 0.15) is 23.0 Å². The highest BCUT2D eigenvalue weighted by atomic mass is 127. The third-order valence-electron chi connectivity index (χ3n) is 3.29. The van der Waals surface area contributed by atoms with Gasteiger partial charge in [0.2, 0.25) is 0 Å². The van der Waals surface area contributed by atoms with Crippen LogP contribution in [0.3, 0.4) is 0 Å². The number of amides is 1. The summed E-state index contributed by atoms with van der Waals surface area (Å²) >= 11 is 0. The maximum absolute atomic E-state index is 12.0. The molecule has 7 nitrogen and oxygen atoms in total. The summed E-state index contributed by atoms with van der Waals surface area (Å²) in [6.45, 7) is 4.57. The number of hydrogen-bond donors (Lipinski definition) is 3. The molecule has 0 aliphatic rings. The first-order valence-electron chi connectivity index (χ1n) is 8.18. The molecular formula is C18H25IN4O3. The Bertz CT molecular complexity index is 690. The second kappa shape index (κ2) is 12.3. The minimum absolute atomic E-state index is 0. The molecule has 0 aliphatic heterocycles. The Hall–Kier alpha value is -2.07. The standard InChI is InChI=1S/C18H24N4O3.HI/c1-3-19-18(20-9-11-24-2)21-13-14-6-4-7-15(12-14)22-17(23)16-8-5-10-25-16;/h4-8,10,12H,3,9,11,13H2,1-2H3,(H,22,23)(H2,19,20,21);1H. The predicted octanol–water partition coefficient (Wildman–Crippen LogP) is 2.85. The zero-order chi connectivity index (χ0) is 17.9. The van der Waals surface area contributed by atoms with Crippen molar-refractivity contribution < 1.29 is 13.9 Å². The molecule has 0 spiro atoms. The number of hydrogen-bond acceptors (Lipinski definition) is 4. The first-order chi connectivity index (χ1) is 12.2. The molecule has 0 fully saturated rings. The Balaban J connectivity index is 0.00000338. The van der Waals surface area contributed by atoms with Crippen LogP contribution in [0.5, 0.6) is 0 Å². The number of halogens is 1. The molecule has 8 heteroatoms. The lowest BCUT2D eigenvalue weighted by molar-refractivity contribution is 0.0996. The van der Waals surface area contributed by atoms with Crippen molar-refractivity contribution in [3.63, 3.8) is 0 Å². The molecule has 2 aromatic rings. The molecule has 0 saturated carbocycles. The van der Waals surface area contributed by atoms with Crippen LogP contribution in [0.25, 0.3) is 0 Å². The van der Waals surface area contributed by atoms with Gasteiger partial charge >= 0.3 is 0 Å². The van der Waals surface area contributed by atoms with Gasteiger partial charge in [-0.25, -0.2) is 4.99 Å². The van der Waals surface area contributed by atoms with Crippen molar-refractivity contribution in [2.24, 2.45) is 4.99 Å². The van der Waals surface area contributed by atoms with Gasteiger partial charge < -0.3 is 25.1 Å². The minimum Gasteiger partial charge on any atom is -0.459 e. The van der Waals surface area contributed by atoms with Crippen molar-refractivity contribution in [3.8, 4) is 0 Å². The van der Waals surface area contributed by atoms with E-state index >= 15 is 0 Å². The molecule has 1 heterocycles. The molecule has 0 atom stereocenters. The second-order valence-electron chi connectivity index (χ2n) is 5.25. The van der Waals surface area contributed by atoms with Gasteiger partial charge in [-0.2, -0.15) is 0 Å². The number of carbonyl (C=O) groups is 1. The van der Waals surface area contributed by atoms with E-state index in [2.05, 4.69) is 20.9 Å². The summed E-state index contributed by atoms with van der Waals surface area (Å²) in [5.41, 5.74) is 1.69. The van der Waals surface area contributed by atoms with Crippen molar-refractivity contribution >= 4 is 41.5 Å². The molecule has 1 aromatic heterocycles. The molecule has 0 saturated heterocycles. The predicted molar refractivity (Wildman–Crippen MR) is 113 cm³/mol. The fourth-order valence-electron chi connectivity index (χ4n) is 2.13. The van der Waals surface area contributed by atoms with Gasteiger partial charge in [-0.15, -0.1) is 24.0 Å². The van der Waals surface area contributed by atoms with Gasteiger partial charge in [0.05, 0.1) is 19.4 Å². The molecule has 0 unspecified atom stereocenters. The summed E-state index contributed by atoms with van der Waals surface area (Å²) in [5, 5.41) is 9.18. The number of furan rings is 1. The number of nitrogens with one attached hydrogen (secondary N) is 3. The zero-order valence-corrected chi connectivity index (χ0v) is 17.3. The molecule has 3 N–H and O–H groups in total. The Morgan fingerprint density at radius 2 is 2.08 bits per heavy atom. The lowest BCUT2D eigenvalue weighted by Gasteiger charge is -2.11. The van der Waals surface area contributed by atoms with Crippen LogP contribution < -0.4 is 16.0 Å². The molecule has 26 heavy (non-hydrogen) atoms. The van der Waals surface area contributed by atoms with Gasteiger partial charge in [0.1, 0.15) is 0 Å². The number of methoxy groups -OCH3 is 1. The van der Waals surface area contributed by atoms with Gasteiger partial charge in [0.25, 0.3) is 5.91 Å².